The highest BCUT2D eigenvalue weighted by Crippen LogP contribution is 2.04. The quantitative estimate of drug-likeness (QED) is 0.606. The van der Waals surface area contributed by atoms with Gasteiger partial charge in [-0.15, -0.1) is 0 Å². The van der Waals surface area contributed by atoms with E-state index in [2.05, 4.69) is 4.74 Å². The van der Waals surface area contributed by atoms with Crippen molar-refractivity contribution in [3.05, 3.63) is 0 Å². The Labute approximate surface area is 100 Å². The van der Waals surface area contributed by atoms with Crippen LogP contribution in [0.5, 0.6) is 0 Å². The Balaban J connectivity index is 4.63. The second kappa shape index (κ2) is 6.55. The highest BCUT2D eigenvalue weighted by Gasteiger charge is 2.28. The van der Waals surface area contributed by atoms with Crippen LogP contribution < -0.4 is 4.72 Å². The van der Waals surface area contributed by atoms with Crippen LogP contribution in [0.2, 0.25) is 0 Å². The smallest absolute Gasteiger partial charge is 0.322 e. The third kappa shape index (κ3) is 6.22. The molecule has 0 rings (SSSR count). The lowest BCUT2D eigenvalue weighted by atomic mass is 10.1. The van der Waals surface area contributed by atoms with Crippen molar-refractivity contribution < 1.29 is 27.9 Å². The first-order valence-corrected chi connectivity index (χ1v) is 6.73. The fourth-order valence-corrected chi connectivity index (χ4v) is 2.30. The van der Waals surface area contributed by atoms with E-state index in [1.807, 2.05) is 4.72 Å². The van der Waals surface area contributed by atoms with Gasteiger partial charge in [-0.1, -0.05) is 13.8 Å². The summed E-state index contributed by atoms with van der Waals surface area (Å²) in [5.74, 6) is -3.50. The first-order chi connectivity index (χ1) is 7.69. The maximum Gasteiger partial charge on any atom is 0.322 e. The Bertz CT molecular complexity index is 375. The summed E-state index contributed by atoms with van der Waals surface area (Å²) in [5, 5.41) is 8.80. The van der Waals surface area contributed by atoms with Gasteiger partial charge < -0.3 is 9.84 Å². The number of ether oxygens (including phenoxy) is 1. The van der Waals surface area contributed by atoms with Gasteiger partial charge in [-0.3, -0.25) is 9.59 Å². The molecule has 0 radical (unpaired) electrons. The Morgan fingerprint density at radius 2 is 1.88 bits per heavy atom. The van der Waals surface area contributed by atoms with Crippen molar-refractivity contribution in [2.24, 2.45) is 5.92 Å². The van der Waals surface area contributed by atoms with Crippen LogP contribution in [0, 0.1) is 5.92 Å². The second-order valence-electron chi connectivity index (χ2n) is 3.74. The normalized spacial score (nSPS) is 13.4. The van der Waals surface area contributed by atoms with Crippen molar-refractivity contribution in [1.82, 2.24) is 4.72 Å². The minimum absolute atomic E-state index is 0.0703. The lowest BCUT2D eigenvalue weighted by Crippen LogP contribution is -2.46. The minimum Gasteiger partial charge on any atom is -0.480 e. The molecular weight excluding hydrogens is 250 g/mol. The molecule has 7 nitrogen and oxygen atoms in total. The van der Waals surface area contributed by atoms with Gasteiger partial charge in [0, 0.05) is 0 Å². The number of carbonyl (C=O) groups is 2. The zero-order valence-electron chi connectivity index (χ0n) is 9.97. The fourth-order valence-electron chi connectivity index (χ4n) is 1.06. The van der Waals surface area contributed by atoms with Crippen LogP contribution in [0.1, 0.15) is 20.8 Å². The van der Waals surface area contributed by atoms with Crippen molar-refractivity contribution in [3.8, 4) is 0 Å². The lowest BCUT2D eigenvalue weighted by molar-refractivity contribution is -0.141. The first-order valence-electron chi connectivity index (χ1n) is 5.08. The highest BCUT2D eigenvalue weighted by molar-refractivity contribution is 7.90. The second-order valence-corrected chi connectivity index (χ2v) is 5.50. The van der Waals surface area contributed by atoms with Crippen LogP contribution in [-0.2, 0) is 24.3 Å². The molecule has 0 aliphatic heterocycles. The Hall–Kier alpha value is -1.15. The summed E-state index contributed by atoms with van der Waals surface area (Å²) in [5.41, 5.74) is 0. The van der Waals surface area contributed by atoms with E-state index >= 15 is 0 Å². The summed E-state index contributed by atoms with van der Waals surface area (Å²) in [6.07, 6.45) is 0. The molecule has 0 spiro atoms. The summed E-state index contributed by atoms with van der Waals surface area (Å²) >= 11 is 0. The summed E-state index contributed by atoms with van der Waals surface area (Å²) < 4.78 is 29.3. The van der Waals surface area contributed by atoms with E-state index in [4.69, 9.17) is 5.11 Å². The molecule has 8 heteroatoms. The van der Waals surface area contributed by atoms with Crippen molar-refractivity contribution in [2.75, 3.05) is 12.4 Å². The molecule has 0 aliphatic carbocycles. The topological polar surface area (TPSA) is 110 Å². The van der Waals surface area contributed by atoms with Crippen molar-refractivity contribution in [3.63, 3.8) is 0 Å². The monoisotopic (exact) mass is 267 g/mol. The summed E-state index contributed by atoms with van der Waals surface area (Å²) in [6.45, 7) is 4.74. The Morgan fingerprint density at radius 3 is 2.24 bits per heavy atom. The van der Waals surface area contributed by atoms with E-state index < -0.39 is 39.7 Å². The molecule has 0 saturated carbocycles. The van der Waals surface area contributed by atoms with E-state index in [1.165, 1.54) is 0 Å². The van der Waals surface area contributed by atoms with E-state index in [9.17, 15) is 18.0 Å². The summed E-state index contributed by atoms with van der Waals surface area (Å²) in [4.78, 5) is 21.8. The van der Waals surface area contributed by atoms with E-state index in [1.54, 1.807) is 20.8 Å². The predicted octanol–water partition coefficient (Wildman–Crippen LogP) is -0.422. The average Bonchev–Trinajstić information content (AvgIpc) is 2.12. The summed E-state index contributed by atoms with van der Waals surface area (Å²) in [6, 6.07) is -1.26. The summed E-state index contributed by atoms with van der Waals surface area (Å²) in [7, 11) is -4.00. The van der Waals surface area contributed by atoms with Gasteiger partial charge in [0.15, 0.2) is 5.75 Å². The maximum absolute atomic E-state index is 11.5. The lowest BCUT2D eigenvalue weighted by Gasteiger charge is -2.17. The van der Waals surface area contributed by atoms with Crippen LogP contribution in [0.25, 0.3) is 0 Å². The third-order valence-electron chi connectivity index (χ3n) is 1.85. The maximum atomic E-state index is 11.5. The van der Waals surface area contributed by atoms with E-state index in [0.29, 0.717) is 0 Å². The molecule has 1 atom stereocenters. The highest BCUT2D eigenvalue weighted by atomic mass is 32.2. The predicted molar refractivity (Wildman–Crippen MR) is 59.8 cm³/mol. The molecule has 0 aliphatic rings. The van der Waals surface area contributed by atoms with Gasteiger partial charge in [0.2, 0.25) is 10.0 Å². The molecular formula is C9H17NO6S. The standard InChI is InChI=1S/C9H17NO6S/c1-4-16-7(11)5-17(14,15)10-8(6(2)3)9(12)13/h6,8,10H,4-5H2,1-3H3,(H,12,13)/t8-/m0/s1. The van der Waals surface area contributed by atoms with Gasteiger partial charge in [-0.2, -0.15) is 0 Å². The molecule has 0 bridgehead atoms. The van der Waals surface area contributed by atoms with Gasteiger partial charge in [0.1, 0.15) is 6.04 Å². The average molecular weight is 267 g/mol. The number of carboxylic acid groups (broad SMARTS) is 1. The molecule has 0 unspecified atom stereocenters. The van der Waals surface area contributed by atoms with Crippen LogP contribution in [0.4, 0.5) is 0 Å². The third-order valence-corrected chi connectivity index (χ3v) is 3.08. The number of hydrogen-bond donors (Lipinski definition) is 2. The number of aliphatic carboxylic acids is 1. The SMILES string of the molecule is CCOC(=O)CS(=O)(=O)N[C@H](C(=O)O)C(C)C. The van der Waals surface area contributed by atoms with Gasteiger partial charge >= 0.3 is 11.9 Å². The van der Waals surface area contributed by atoms with Crippen molar-refractivity contribution in [2.45, 2.75) is 26.8 Å². The number of sulfonamides is 1. The number of rotatable bonds is 7. The minimum atomic E-state index is -4.00. The molecule has 0 aromatic carbocycles. The molecule has 0 aromatic heterocycles. The molecule has 100 valence electrons. The van der Waals surface area contributed by atoms with Gasteiger partial charge in [-0.05, 0) is 12.8 Å². The zero-order valence-corrected chi connectivity index (χ0v) is 10.8. The van der Waals surface area contributed by atoms with Crippen LogP contribution in [0.3, 0.4) is 0 Å². The van der Waals surface area contributed by atoms with Crippen LogP contribution >= 0.6 is 0 Å². The Kier molecular flexibility index (Phi) is 6.11. The molecule has 0 heterocycles. The van der Waals surface area contributed by atoms with Gasteiger partial charge in [-0.25, -0.2) is 13.1 Å². The van der Waals surface area contributed by atoms with E-state index in [0.717, 1.165) is 0 Å². The molecule has 0 fully saturated rings. The van der Waals surface area contributed by atoms with Gasteiger partial charge in [0.05, 0.1) is 6.61 Å². The Morgan fingerprint density at radius 1 is 1.35 bits per heavy atom. The van der Waals surface area contributed by atoms with Crippen molar-refractivity contribution in [1.29, 1.82) is 0 Å². The number of esters is 1. The molecule has 0 saturated heterocycles. The largest absolute Gasteiger partial charge is 0.480 e. The number of carbonyl (C=O) groups excluding carboxylic acids is 1. The number of nitrogens with one attached hydrogen (secondary N) is 1. The van der Waals surface area contributed by atoms with Crippen molar-refractivity contribution >= 4 is 22.0 Å². The molecule has 0 amide bonds. The van der Waals surface area contributed by atoms with Gasteiger partial charge in [0.25, 0.3) is 0 Å². The zero-order chi connectivity index (χ0) is 13.6. The first kappa shape index (κ1) is 15.9. The van der Waals surface area contributed by atoms with Crippen LogP contribution in [-0.4, -0.2) is 43.9 Å². The molecule has 17 heavy (non-hydrogen) atoms. The fraction of sp³-hybridized carbons (Fsp3) is 0.778. The van der Waals surface area contributed by atoms with Crippen LogP contribution in [0.15, 0.2) is 0 Å². The molecule has 0 aromatic rings. The molecule has 2 N–H and O–H groups in total. The number of hydrogen-bond acceptors (Lipinski definition) is 5. The van der Waals surface area contributed by atoms with E-state index in [-0.39, 0.29) is 6.61 Å². The number of carboxylic acids is 1.